The van der Waals surface area contributed by atoms with E-state index in [1.807, 2.05) is 6.07 Å². The third-order valence-electron chi connectivity index (χ3n) is 5.15. The standard InChI is InChI=1S/C22H15ClN4O3/c23-15-8-6-13(7-9-15)17-10-19-26(12-18(28)14-4-2-1-3-5-14)20-16(11-24-21(20)29)22(30)27(19)25-17/h1-10H,11-12H2,(H,24,29). The van der Waals surface area contributed by atoms with Gasteiger partial charge in [0, 0.05) is 22.2 Å². The molecule has 8 heteroatoms. The predicted molar refractivity (Wildman–Crippen MR) is 112 cm³/mol. The molecular formula is C22H15ClN4O3. The molecule has 1 aliphatic rings. The largest absolute Gasteiger partial charge is 0.346 e. The Kier molecular flexibility index (Phi) is 4.25. The van der Waals surface area contributed by atoms with Gasteiger partial charge in [-0.15, -0.1) is 0 Å². The number of nitrogens with zero attached hydrogens (tertiary/aromatic N) is 3. The number of aromatic nitrogens is 3. The second kappa shape index (κ2) is 6.96. The minimum atomic E-state index is -0.375. The van der Waals surface area contributed by atoms with Gasteiger partial charge in [0.05, 0.1) is 24.3 Å². The lowest BCUT2D eigenvalue weighted by atomic mass is 10.1. The van der Waals surface area contributed by atoms with Crippen LogP contribution in [-0.4, -0.2) is 25.9 Å². The van der Waals surface area contributed by atoms with Crippen molar-refractivity contribution >= 4 is 28.9 Å². The first-order valence-electron chi connectivity index (χ1n) is 9.31. The summed E-state index contributed by atoms with van der Waals surface area (Å²) in [5.74, 6) is -0.544. The first kappa shape index (κ1) is 18.3. The zero-order valence-corrected chi connectivity index (χ0v) is 16.4. The van der Waals surface area contributed by atoms with Gasteiger partial charge in [0.1, 0.15) is 11.3 Å². The van der Waals surface area contributed by atoms with Crippen molar-refractivity contribution in [1.29, 1.82) is 0 Å². The van der Waals surface area contributed by atoms with Gasteiger partial charge in [-0.1, -0.05) is 54.1 Å². The minimum absolute atomic E-state index is 0.0880. The SMILES string of the molecule is O=C(Cn1c2c(c(=O)n3nc(-c4ccc(Cl)cc4)cc13)CNC2=O)c1ccccc1. The van der Waals surface area contributed by atoms with E-state index in [9.17, 15) is 14.4 Å². The number of hydrogen-bond donors (Lipinski definition) is 1. The monoisotopic (exact) mass is 418 g/mol. The Balaban J connectivity index is 1.71. The summed E-state index contributed by atoms with van der Waals surface area (Å²) in [7, 11) is 0. The molecule has 1 aliphatic heterocycles. The molecule has 0 saturated carbocycles. The molecule has 4 aromatic rings. The van der Waals surface area contributed by atoms with Crippen LogP contribution in [0.3, 0.4) is 0 Å². The molecule has 2 aromatic carbocycles. The Bertz CT molecular complexity index is 1370. The Labute approximate surface area is 175 Å². The molecule has 1 N–H and O–H groups in total. The van der Waals surface area contributed by atoms with E-state index in [-0.39, 0.29) is 36.0 Å². The summed E-state index contributed by atoms with van der Waals surface area (Å²) in [6.07, 6.45) is 0. The molecule has 0 unspecified atom stereocenters. The van der Waals surface area contributed by atoms with Crippen molar-refractivity contribution < 1.29 is 9.59 Å². The molecule has 0 radical (unpaired) electrons. The first-order chi connectivity index (χ1) is 14.5. The van der Waals surface area contributed by atoms with Gasteiger partial charge in [0.15, 0.2) is 5.78 Å². The molecule has 2 aromatic heterocycles. The maximum Gasteiger partial charge on any atom is 0.280 e. The highest BCUT2D eigenvalue weighted by Gasteiger charge is 2.29. The number of hydrogen-bond acceptors (Lipinski definition) is 4. The van der Waals surface area contributed by atoms with E-state index in [0.717, 1.165) is 5.56 Å². The molecule has 3 heterocycles. The molecule has 30 heavy (non-hydrogen) atoms. The average molecular weight is 419 g/mol. The van der Waals surface area contributed by atoms with Crippen LogP contribution < -0.4 is 10.9 Å². The van der Waals surface area contributed by atoms with Crippen LogP contribution >= 0.6 is 11.6 Å². The van der Waals surface area contributed by atoms with Gasteiger partial charge in [-0.2, -0.15) is 9.61 Å². The third kappa shape index (κ3) is 2.91. The summed E-state index contributed by atoms with van der Waals surface area (Å²) >= 11 is 5.97. The number of halogens is 1. The summed E-state index contributed by atoms with van der Waals surface area (Å²) in [6, 6.07) is 17.6. The van der Waals surface area contributed by atoms with Gasteiger partial charge in [-0.3, -0.25) is 14.4 Å². The van der Waals surface area contributed by atoms with E-state index in [1.54, 1.807) is 59.2 Å². The van der Waals surface area contributed by atoms with E-state index in [0.29, 0.717) is 27.5 Å². The summed E-state index contributed by atoms with van der Waals surface area (Å²) in [5.41, 5.74) is 2.37. The smallest absolute Gasteiger partial charge is 0.280 e. The minimum Gasteiger partial charge on any atom is -0.346 e. The van der Waals surface area contributed by atoms with Gasteiger partial charge in [0.2, 0.25) is 0 Å². The molecule has 1 amide bonds. The maximum atomic E-state index is 13.0. The number of nitrogens with one attached hydrogen (secondary N) is 1. The van der Waals surface area contributed by atoms with Crippen LogP contribution in [0.25, 0.3) is 16.9 Å². The number of amides is 1. The number of carbonyl (C=O) groups excluding carboxylic acids is 2. The van der Waals surface area contributed by atoms with Crippen LogP contribution in [0.1, 0.15) is 26.4 Å². The fourth-order valence-corrected chi connectivity index (χ4v) is 3.80. The third-order valence-corrected chi connectivity index (χ3v) is 5.40. The highest BCUT2D eigenvalue weighted by Crippen LogP contribution is 2.24. The molecule has 0 saturated heterocycles. The van der Waals surface area contributed by atoms with Gasteiger partial charge < -0.3 is 9.88 Å². The Morgan fingerprint density at radius 1 is 1.07 bits per heavy atom. The zero-order valence-electron chi connectivity index (χ0n) is 15.6. The van der Waals surface area contributed by atoms with Crippen LogP contribution in [-0.2, 0) is 13.1 Å². The number of ketones is 1. The summed E-state index contributed by atoms with van der Waals surface area (Å²) in [6.45, 7) is 0.0217. The molecule has 5 rings (SSSR count). The Hall–Kier alpha value is -3.71. The molecule has 0 fully saturated rings. The summed E-state index contributed by atoms with van der Waals surface area (Å²) < 4.78 is 2.82. The molecule has 0 spiro atoms. The number of benzene rings is 2. The zero-order chi connectivity index (χ0) is 20.8. The lowest BCUT2D eigenvalue weighted by Crippen LogP contribution is -2.27. The molecule has 0 atom stereocenters. The molecule has 0 bridgehead atoms. The highest BCUT2D eigenvalue weighted by atomic mass is 35.5. The van der Waals surface area contributed by atoms with Crippen LogP contribution in [0, 0.1) is 0 Å². The van der Waals surface area contributed by atoms with Gasteiger partial charge in [0.25, 0.3) is 11.5 Å². The van der Waals surface area contributed by atoms with Crippen molar-refractivity contribution in [2.75, 3.05) is 0 Å². The maximum absolute atomic E-state index is 13.0. The second-order valence-corrected chi connectivity index (χ2v) is 7.43. The summed E-state index contributed by atoms with van der Waals surface area (Å²) in [4.78, 5) is 38.3. The van der Waals surface area contributed by atoms with Gasteiger partial charge in [-0.25, -0.2) is 0 Å². The van der Waals surface area contributed by atoms with Crippen molar-refractivity contribution in [3.05, 3.63) is 92.9 Å². The number of Topliss-reactive ketones (excluding diaryl/α,β-unsaturated/α-hetero) is 1. The number of fused-ring (bicyclic) bond motifs is 2. The van der Waals surface area contributed by atoms with Crippen LogP contribution in [0.4, 0.5) is 0 Å². The Morgan fingerprint density at radius 3 is 2.53 bits per heavy atom. The van der Waals surface area contributed by atoms with E-state index >= 15 is 0 Å². The van der Waals surface area contributed by atoms with Crippen molar-refractivity contribution in [1.82, 2.24) is 19.5 Å². The summed E-state index contributed by atoms with van der Waals surface area (Å²) in [5, 5.41) is 7.70. The van der Waals surface area contributed by atoms with Crippen LogP contribution in [0.5, 0.6) is 0 Å². The van der Waals surface area contributed by atoms with Crippen molar-refractivity contribution in [3.8, 4) is 11.3 Å². The normalized spacial score (nSPS) is 12.8. The second-order valence-electron chi connectivity index (χ2n) is 7.00. The van der Waals surface area contributed by atoms with Crippen LogP contribution in [0.2, 0.25) is 5.02 Å². The van der Waals surface area contributed by atoms with E-state index < -0.39 is 0 Å². The van der Waals surface area contributed by atoms with E-state index in [1.165, 1.54) is 4.52 Å². The topological polar surface area (TPSA) is 85.5 Å². The van der Waals surface area contributed by atoms with Crippen LogP contribution in [0.15, 0.2) is 65.5 Å². The molecule has 7 nitrogen and oxygen atoms in total. The predicted octanol–water partition coefficient (Wildman–Crippen LogP) is 2.94. The molecule has 0 aliphatic carbocycles. The van der Waals surface area contributed by atoms with E-state index in [4.69, 9.17) is 11.6 Å². The van der Waals surface area contributed by atoms with Gasteiger partial charge >= 0.3 is 0 Å². The quantitative estimate of drug-likeness (QED) is 0.516. The number of carbonyl (C=O) groups is 2. The first-order valence-corrected chi connectivity index (χ1v) is 9.68. The van der Waals surface area contributed by atoms with Crippen molar-refractivity contribution in [2.45, 2.75) is 13.1 Å². The Morgan fingerprint density at radius 2 is 1.80 bits per heavy atom. The van der Waals surface area contributed by atoms with Gasteiger partial charge in [-0.05, 0) is 12.1 Å². The molecule has 148 valence electrons. The number of rotatable bonds is 4. The average Bonchev–Trinajstić information content (AvgIpc) is 3.37. The van der Waals surface area contributed by atoms with Crippen molar-refractivity contribution in [2.24, 2.45) is 0 Å². The highest BCUT2D eigenvalue weighted by molar-refractivity contribution is 6.30. The lowest BCUT2D eigenvalue weighted by molar-refractivity contribution is 0.0949. The van der Waals surface area contributed by atoms with Crippen molar-refractivity contribution in [3.63, 3.8) is 0 Å². The fourth-order valence-electron chi connectivity index (χ4n) is 3.67. The molecular weight excluding hydrogens is 404 g/mol. The fraction of sp³-hybridized carbons (Fsp3) is 0.0909. The van der Waals surface area contributed by atoms with E-state index in [2.05, 4.69) is 10.4 Å². The lowest BCUT2D eigenvalue weighted by Gasteiger charge is -2.12.